The van der Waals surface area contributed by atoms with Crippen LogP contribution in [-0.4, -0.2) is 81.1 Å². The van der Waals surface area contributed by atoms with Gasteiger partial charge in [-0.05, 0) is 47.0 Å². The molecule has 13 heteroatoms. The number of nitrogens with one attached hydrogen (secondary N) is 2. The van der Waals surface area contributed by atoms with E-state index in [4.69, 9.17) is 23.7 Å². The van der Waals surface area contributed by atoms with Crippen molar-refractivity contribution >= 4 is 35.9 Å². The van der Waals surface area contributed by atoms with Gasteiger partial charge in [0.25, 0.3) is 6.23 Å². The molecule has 0 aromatic rings. The van der Waals surface area contributed by atoms with Crippen LogP contribution in [-0.2, 0) is 47.7 Å². The first-order chi connectivity index (χ1) is 20.1. The molecule has 3 unspecified atom stereocenters. The number of carbonyl (C=O) groups is 6. The van der Waals surface area contributed by atoms with Gasteiger partial charge in [-0.15, -0.1) is 0 Å². The minimum Gasteiger partial charge on any atom is -0.461 e. The van der Waals surface area contributed by atoms with E-state index in [0.717, 1.165) is 0 Å². The normalized spacial score (nSPS) is 17.3. The summed E-state index contributed by atoms with van der Waals surface area (Å²) < 4.78 is 26.0. The summed E-state index contributed by atoms with van der Waals surface area (Å²) in [5.74, 6) is -4.05. The van der Waals surface area contributed by atoms with Gasteiger partial charge in [0.1, 0.15) is 25.7 Å². The third kappa shape index (κ3) is 13.1. The summed E-state index contributed by atoms with van der Waals surface area (Å²) in [7, 11) is 0. The van der Waals surface area contributed by atoms with Crippen molar-refractivity contribution in [3.8, 4) is 0 Å². The van der Waals surface area contributed by atoms with Crippen LogP contribution >= 0.6 is 0 Å². The molecule has 2 amide bonds. The molecular formula is C30H43N2O11+. The predicted octanol–water partition coefficient (Wildman–Crippen LogP) is 1.49. The fraction of sp³-hybridized carbons (Fsp3) is 0.533. The molecule has 1 rings (SSSR count). The van der Waals surface area contributed by atoms with Crippen molar-refractivity contribution < 1.29 is 57.4 Å². The molecule has 238 valence electrons. The average Bonchev–Trinajstić information content (AvgIpc) is 3.23. The second kappa shape index (κ2) is 18.3. The van der Waals surface area contributed by atoms with Gasteiger partial charge in [0.15, 0.2) is 0 Å². The Hall–Kier alpha value is -4.26. The fourth-order valence-corrected chi connectivity index (χ4v) is 3.57. The Labute approximate surface area is 251 Å². The summed E-state index contributed by atoms with van der Waals surface area (Å²) in [4.78, 5) is 72.9. The van der Waals surface area contributed by atoms with Crippen molar-refractivity contribution in [3.63, 3.8) is 0 Å². The number of carbonyl (C=O) groups excluding carboxylic acids is 6. The molecule has 0 bridgehead atoms. The molecule has 1 saturated heterocycles. The topological polar surface area (TPSA) is 165 Å². The molecule has 0 spiro atoms. The van der Waals surface area contributed by atoms with Crippen LogP contribution in [0.5, 0.6) is 0 Å². The van der Waals surface area contributed by atoms with Gasteiger partial charge in [-0.3, -0.25) is 4.79 Å². The second-order valence-corrected chi connectivity index (χ2v) is 10.4. The number of rotatable bonds is 19. The third-order valence-electron chi connectivity index (χ3n) is 6.08. The summed E-state index contributed by atoms with van der Waals surface area (Å²) in [6.45, 7) is 19.7. The Morgan fingerprint density at radius 1 is 0.767 bits per heavy atom. The van der Waals surface area contributed by atoms with Crippen molar-refractivity contribution in [1.82, 2.24) is 5.32 Å². The van der Waals surface area contributed by atoms with Gasteiger partial charge in [0.2, 0.25) is 12.0 Å². The SMILES string of the molecule is C=C(C)C(=O)OCC(COC(=O)C(=C)C)C(=O)NCCCCCC[NH+]1C(=O)OC(COC(=O)C(=C)C)C1OC(=O)C(=C)C. The maximum absolute atomic E-state index is 12.7. The van der Waals surface area contributed by atoms with E-state index in [2.05, 4.69) is 31.6 Å². The Balaban J connectivity index is 2.58. The first-order valence-corrected chi connectivity index (χ1v) is 13.8. The van der Waals surface area contributed by atoms with Gasteiger partial charge in [-0.1, -0.05) is 32.7 Å². The van der Waals surface area contributed by atoms with Gasteiger partial charge in [0, 0.05) is 28.8 Å². The van der Waals surface area contributed by atoms with Gasteiger partial charge in [-0.2, -0.15) is 9.69 Å². The van der Waals surface area contributed by atoms with Crippen LogP contribution in [0.25, 0.3) is 0 Å². The van der Waals surface area contributed by atoms with E-state index in [1.807, 2.05) is 0 Å². The molecule has 13 nitrogen and oxygen atoms in total. The summed E-state index contributed by atoms with van der Waals surface area (Å²) >= 11 is 0. The highest BCUT2D eigenvalue weighted by Gasteiger charge is 2.50. The molecule has 0 saturated carbocycles. The predicted molar refractivity (Wildman–Crippen MR) is 153 cm³/mol. The summed E-state index contributed by atoms with van der Waals surface area (Å²) in [5.41, 5.74) is 0.657. The number of amides is 2. The second-order valence-electron chi connectivity index (χ2n) is 10.4. The minimum absolute atomic E-state index is 0.142. The van der Waals surface area contributed by atoms with E-state index < -0.39 is 54.1 Å². The highest BCUT2D eigenvalue weighted by molar-refractivity contribution is 5.89. The van der Waals surface area contributed by atoms with Crippen LogP contribution in [0.1, 0.15) is 53.4 Å². The number of quaternary nitrogens is 1. The first-order valence-electron chi connectivity index (χ1n) is 13.8. The zero-order chi connectivity index (χ0) is 32.7. The quantitative estimate of drug-likeness (QED) is 0.0946. The summed E-state index contributed by atoms with van der Waals surface area (Å²) in [6.07, 6.45) is -0.103. The molecule has 0 aromatic heterocycles. The van der Waals surface area contributed by atoms with Crippen molar-refractivity contribution in [2.24, 2.45) is 5.92 Å². The molecule has 0 aliphatic carbocycles. The van der Waals surface area contributed by atoms with Crippen LogP contribution in [0.3, 0.4) is 0 Å². The zero-order valence-electron chi connectivity index (χ0n) is 25.4. The monoisotopic (exact) mass is 607 g/mol. The van der Waals surface area contributed by atoms with Crippen molar-refractivity contribution in [2.75, 3.05) is 32.9 Å². The molecule has 0 aromatic carbocycles. The molecule has 1 aliphatic rings. The highest BCUT2D eigenvalue weighted by atomic mass is 16.7. The van der Waals surface area contributed by atoms with Gasteiger partial charge >= 0.3 is 30.0 Å². The lowest BCUT2D eigenvalue weighted by molar-refractivity contribution is -0.859. The van der Waals surface area contributed by atoms with Gasteiger partial charge in [0.05, 0.1) is 6.54 Å². The third-order valence-corrected chi connectivity index (χ3v) is 6.08. The largest absolute Gasteiger partial charge is 0.518 e. The maximum atomic E-state index is 12.7. The summed E-state index contributed by atoms with van der Waals surface area (Å²) in [5, 5.41) is 2.74. The number of cyclic esters (lactones) is 1. The van der Waals surface area contributed by atoms with E-state index >= 15 is 0 Å². The Morgan fingerprint density at radius 2 is 1.26 bits per heavy atom. The smallest absolute Gasteiger partial charge is 0.461 e. The van der Waals surface area contributed by atoms with Gasteiger partial charge in [-0.25, -0.2) is 19.2 Å². The Bertz CT molecular complexity index is 1100. The molecule has 43 heavy (non-hydrogen) atoms. The zero-order valence-corrected chi connectivity index (χ0v) is 25.4. The molecule has 1 aliphatic heterocycles. The van der Waals surface area contributed by atoms with Crippen molar-refractivity contribution in [3.05, 3.63) is 48.6 Å². The lowest BCUT2D eigenvalue weighted by atomic mass is 10.1. The number of esters is 4. The highest BCUT2D eigenvalue weighted by Crippen LogP contribution is 2.11. The minimum atomic E-state index is -1.02. The number of alkyl carbamates (subject to hydrolysis) is 2. The van der Waals surface area contributed by atoms with Crippen LogP contribution in [0.4, 0.5) is 4.79 Å². The van der Waals surface area contributed by atoms with E-state index in [1.165, 1.54) is 27.7 Å². The van der Waals surface area contributed by atoms with E-state index in [0.29, 0.717) is 32.2 Å². The number of unbranched alkanes of at least 4 members (excludes halogenated alkanes) is 3. The van der Waals surface area contributed by atoms with E-state index in [-0.39, 0.29) is 53.6 Å². The molecule has 3 atom stereocenters. The molecule has 0 radical (unpaired) electrons. The standard InChI is InChI=1S/C30H42N2O11/c1-18(2)26(34)39-15-22(16-40-27(35)19(3)4)24(33)31-13-11-9-10-12-14-32-25(43-29(37)21(7)8)23(42-30(32)38)17-41-28(36)20(5)6/h22-23,25H,1,3,5,7,9-17H2,2,4,6,8H3,(H,31,33)/p+1. The number of hydrogen-bond donors (Lipinski definition) is 2. The lowest BCUT2D eigenvalue weighted by Crippen LogP contribution is -3.16. The van der Waals surface area contributed by atoms with Crippen LogP contribution < -0.4 is 10.2 Å². The fourth-order valence-electron chi connectivity index (χ4n) is 3.57. The Kier molecular flexibility index (Phi) is 15.7. The number of hydrogen-bond acceptors (Lipinski definition) is 11. The molecule has 1 heterocycles. The molecule has 1 fully saturated rings. The van der Waals surface area contributed by atoms with E-state index in [9.17, 15) is 28.8 Å². The van der Waals surface area contributed by atoms with E-state index in [1.54, 1.807) is 0 Å². The van der Waals surface area contributed by atoms with Gasteiger partial charge < -0.3 is 29.0 Å². The number of ether oxygens (including phenoxy) is 5. The summed E-state index contributed by atoms with van der Waals surface area (Å²) in [6, 6.07) is 0. The van der Waals surface area contributed by atoms with Crippen molar-refractivity contribution in [2.45, 2.75) is 65.7 Å². The first kappa shape index (κ1) is 36.8. The maximum Gasteiger partial charge on any atom is 0.518 e. The van der Waals surface area contributed by atoms with Crippen LogP contribution in [0.15, 0.2) is 48.6 Å². The van der Waals surface area contributed by atoms with Crippen LogP contribution in [0.2, 0.25) is 0 Å². The molecule has 2 N–H and O–H groups in total. The van der Waals surface area contributed by atoms with Crippen molar-refractivity contribution in [1.29, 1.82) is 0 Å². The average molecular weight is 608 g/mol. The lowest BCUT2D eigenvalue weighted by Gasteiger charge is -2.20. The van der Waals surface area contributed by atoms with Crippen LogP contribution in [0, 0.1) is 5.92 Å². The molecular weight excluding hydrogens is 564 g/mol. The Morgan fingerprint density at radius 3 is 1.77 bits per heavy atom.